The van der Waals surface area contributed by atoms with Crippen molar-refractivity contribution in [3.8, 4) is 0 Å². The van der Waals surface area contributed by atoms with Crippen molar-refractivity contribution in [2.45, 2.75) is 43.2 Å². The summed E-state index contributed by atoms with van der Waals surface area (Å²) in [5.74, 6) is 0.251. The van der Waals surface area contributed by atoms with Gasteiger partial charge < -0.3 is 4.90 Å². The summed E-state index contributed by atoms with van der Waals surface area (Å²) in [5.41, 5.74) is 2.30. The number of carbonyl (C=O) groups is 1. The zero-order chi connectivity index (χ0) is 22.3. The molecule has 1 aliphatic heterocycles. The van der Waals surface area contributed by atoms with Gasteiger partial charge in [0.05, 0.1) is 16.6 Å². The molecule has 0 saturated heterocycles. The Morgan fingerprint density at radius 1 is 0.875 bits per heavy atom. The van der Waals surface area contributed by atoms with Crippen molar-refractivity contribution in [3.05, 3.63) is 90.5 Å². The van der Waals surface area contributed by atoms with Crippen molar-refractivity contribution in [2.75, 3.05) is 9.21 Å². The van der Waals surface area contributed by atoms with Crippen LogP contribution in [-0.4, -0.2) is 20.4 Å². The van der Waals surface area contributed by atoms with E-state index in [0.29, 0.717) is 12.1 Å². The van der Waals surface area contributed by atoms with Gasteiger partial charge in [-0.3, -0.25) is 9.10 Å². The predicted molar refractivity (Wildman–Crippen MR) is 126 cm³/mol. The number of hydrogen-bond acceptors (Lipinski definition) is 3. The Morgan fingerprint density at radius 3 is 2.12 bits per heavy atom. The van der Waals surface area contributed by atoms with Gasteiger partial charge in [0.25, 0.3) is 10.0 Å². The quantitative estimate of drug-likeness (QED) is 0.544. The SMILES string of the molecule is C[C@H]1C[C@H](N(c2ccccc2)S(=O)(=O)c2ccccc2)c2ccccc2N1C(=O)C1CC1. The van der Waals surface area contributed by atoms with Gasteiger partial charge in [-0.05, 0) is 62.1 Å². The van der Waals surface area contributed by atoms with E-state index in [0.717, 1.165) is 24.1 Å². The number of sulfonamides is 1. The first-order valence-electron chi connectivity index (χ1n) is 11.0. The van der Waals surface area contributed by atoms with Crippen LogP contribution in [0.4, 0.5) is 11.4 Å². The van der Waals surface area contributed by atoms with E-state index >= 15 is 0 Å². The zero-order valence-electron chi connectivity index (χ0n) is 18.0. The van der Waals surface area contributed by atoms with Gasteiger partial charge in [0, 0.05) is 17.6 Å². The van der Waals surface area contributed by atoms with Crippen molar-refractivity contribution >= 4 is 27.3 Å². The number of hydrogen-bond donors (Lipinski definition) is 0. The molecule has 32 heavy (non-hydrogen) atoms. The number of para-hydroxylation sites is 2. The highest BCUT2D eigenvalue weighted by atomic mass is 32.2. The van der Waals surface area contributed by atoms with Gasteiger partial charge in [-0.1, -0.05) is 54.6 Å². The minimum Gasteiger partial charge on any atom is -0.309 e. The fraction of sp³-hybridized carbons (Fsp3) is 0.269. The fourth-order valence-electron chi connectivity index (χ4n) is 4.63. The monoisotopic (exact) mass is 446 g/mol. The summed E-state index contributed by atoms with van der Waals surface area (Å²) in [7, 11) is -3.83. The third kappa shape index (κ3) is 3.58. The molecule has 1 amide bonds. The molecule has 2 aliphatic rings. The Morgan fingerprint density at radius 2 is 1.47 bits per heavy atom. The maximum Gasteiger partial charge on any atom is 0.264 e. The van der Waals surface area contributed by atoms with Crippen molar-refractivity contribution in [1.29, 1.82) is 0 Å². The molecule has 1 aliphatic carbocycles. The van der Waals surface area contributed by atoms with Crippen LogP contribution in [0.15, 0.2) is 89.8 Å². The molecule has 2 atom stereocenters. The lowest BCUT2D eigenvalue weighted by Gasteiger charge is -2.43. The molecule has 3 aromatic rings. The summed E-state index contributed by atoms with van der Waals surface area (Å²) in [5, 5.41) is 0. The topological polar surface area (TPSA) is 57.7 Å². The Labute approximate surface area is 189 Å². The molecule has 1 fully saturated rings. The highest BCUT2D eigenvalue weighted by Crippen LogP contribution is 2.46. The van der Waals surface area contributed by atoms with Gasteiger partial charge in [-0.2, -0.15) is 0 Å². The minimum absolute atomic E-state index is 0.0975. The molecule has 1 saturated carbocycles. The standard InChI is InChI=1S/C26H26N2O3S/c1-19-18-25(23-14-8-9-15-24(23)27(19)26(29)20-16-17-20)28(21-10-4-2-5-11-21)32(30,31)22-12-6-3-7-13-22/h2-15,19-20,25H,16-18H2,1H3/t19-,25-/m0/s1. The van der Waals surface area contributed by atoms with Crippen molar-refractivity contribution in [1.82, 2.24) is 0 Å². The van der Waals surface area contributed by atoms with Gasteiger partial charge in [-0.25, -0.2) is 8.42 Å². The summed E-state index contributed by atoms with van der Waals surface area (Å²) < 4.78 is 29.4. The number of benzene rings is 3. The molecule has 0 radical (unpaired) electrons. The fourth-order valence-corrected chi connectivity index (χ4v) is 6.30. The molecule has 0 aromatic heterocycles. The van der Waals surface area contributed by atoms with E-state index in [1.54, 1.807) is 24.3 Å². The second-order valence-electron chi connectivity index (χ2n) is 8.59. The van der Waals surface area contributed by atoms with E-state index in [9.17, 15) is 13.2 Å². The normalized spacial score (nSPS) is 20.5. The van der Waals surface area contributed by atoms with Crippen LogP contribution in [0, 0.1) is 5.92 Å². The molecule has 5 nitrogen and oxygen atoms in total. The van der Waals surface area contributed by atoms with E-state index in [2.05, 4.69) is 0 Å². The van der Waals surface area contributed by atoms with E-state index in [1.807, 2.05) is 72.5 Å². The molecule has 3 aromatic carbocycles. The lowest BCUT2D eigenvalue weighted by atomic mass is 9.91. The van der Waals surface area contributed by atoms with Crippen LogP contribution in [0.2, 0.25) is 0 Å². The minimum atomic E-state index is -3.83. The van der Waals surface area contributed by atoms with Crippen LogP contribution in [0.25, 0.3) is 0 Å². The van der Waals surface area contributed by atoms with Crippen LogP contribution in [0.1, 0.15) is 37.8 Å². The Balaban J connectivity index is 1.66. The van der Waals surface area contributed by atoms with E-state index in [-0.39, 0.29) is 22.8 Å². The summed E-state index contributed by atoms with van der Waals surface area (Å²) in [6.45, 7) is 2.02. The molecular formula is C26H26N2O3S. The van der Waals surface area contributed by atoms with Crippen LogP contribution < -0.4 is 9.21 Å². The Kier molecular flexibility index (Phi) is 5.25. The first kappa shape index (κ1) is 20.8. The molecule has 6 heteroatoms. The maximum absolute atomic E-state index is 13.9. The van der Waals surface area contributed by atoms with Crippen LogP contribution in [0.3, 0.4) is 0 Å². The van der Waals surface area contributed by atoms with Crippen LogP contribution >= 0.6 is 0 Å². The highest BCUT2D eigenvalue weighted by molar-refractivity contribution is 7.92. The maximum atomic E-state index is 13.9. The summed E-state index contributed by atoms with van der Waals surface area (Å²) in [6, 6.07) is 25.0. The van der Waals surface area contributed by atoms with Crippen LogP contribution in [0.5, 0.6) is 0 Å². The highest BCUT2D eigenvalue weighted by Gasteiger charge is 2.44. The number of anilines is 2. The number of amides is 1. The molecule has 0 N–H and O–H groups in total. The zero-order valence-corrected chi connectivity index (χ0v) is 18.8. The molecule has 0 unspecified atom stereocenters. The Hall–Kier alpha value is -3.12. The van der Waals surface area contributed by atoms with E-state index < -0.39 is 16.1 Å². The largest absolute Gasteiger partial charge is 0.309 e. The first-order chi connectivity index (χ1) is 15.5. The van der Waals surface area contributed by atoms with E-state index in [1.165, 1.54) is 4.31 Å². The van der Waals surface area contributed by atoms with Gasteiger partial charge in [0.1, 0.15) is 0 Å². The van der Waals surface area contributed by atoms with Gasteiger partial charge in [0.2, 0.25) is 5.91 Å². The lowest BCUT2D eigenvalue weighted by Crippen LogP contribution is -2.48. The summed E-state index contributed by atoms with van der Waals surface area (Å²) in [4.78, 5) is 15.2. The third-order valence-corrected chi connectivity index (χ3v) is 8.17. The molecule has 164 valence electrons. The second kappa shape index (κ2) is 8.10. The average Bonchev–Trinajstić information content (AvgIpc) is 3.66. The summed E-state index contributed by atoms with van der Waals surface area (Å²) in [6.07, 6.45) is 2.40. The second-order valence-corrected chi connectivity index (χ2v) is 10.4. The van der Waals surface area contributed by atoms with Gasteiger partial charge in [0.15, 0.2) is 0 Å². The van der Waals surface area contributed by atoms with Crippen molar-refractivity contribution in [2.24, 2.45) is 5.92 Å². The third-order valence-electron chi connectivity index (χ3n) is 6.32. The van der Waals surface area contributed by atoms with Gasteiger partial charge >= 0.3 is 0 Å². The number of fused-ring (bicyclic) bond motifs is 1. The van der Waals surface area contributed by atoms with Gasteiger partial charge in [-0.15, -0.1) is 0 Å². The number of nitrogens with zero attached hydrogens (tertiary/aromatic N) is 2. The number of carbonyl (C=O) groups excluding carboxylic acids is 1. The molecular weight excluding hydrogens is 420 g/mol. The molecule has 5 rings (SSSR count). The molecule has 1 heterocycles. The Bertz CT molecular complexity index is 1220. The van der Waals surface area contributed by atoms with E-state index in [4.69, 9.17) is 0 Å². The summed E-state index contributed by atoms with van der Waals surface area (Å²) >= 11 is 0. The predicted octanol–water partition coefficient (Wildman–Crippen LogP) is 5.16. The average molecular weight is 447 g/mol. The number of rotatable bonds is 5. The van der Waals surface area contributed by atoms with Crippen molar-refractivity contribution in [3.63, 3.8) is 0 Å². The molecule has 0 bridgehead atoms. The van der Waals surface area contributed by atoms with Crippen LogP contribution in [-0.2, 0) is 14.8 Å². The van der Waals surface area contributed by atoms with Crippen molar-refractivity contribution < 1.29 is 13.2 Å². The lowest BCUT2D eigenvalue weighted by molar-refractivity contribution is -0.120. The molecule has 0 spiro atoms. The first-order valence-corrected chi connectivity index (χ1v) is 12.5. The smallest absolute Gasteiger partial charge is 0.264 e.